The van der Waals surface area contributed by atoms with Crippen LogP contribution in [0.15, 0.2) is 46.5 Å². The number of aromatic nitrogens is 4. The van der Waals surface area contributed by atoms with Crippen LogP contribution < -0.4 is 4.84 Å². The molecule has 8 heteroatoms. The van der Waals surface area contributed by atoms with Crippen molar-refractivity contribution in [2.75, 3.05) is 0 Å². The van der Waals surface area contributed by atoms with E-state index in [1.54, 1.807) is 36.1 Å². The van der Waals surface area contributed by atoms with Crippen molar-refractivity contribution in [2.24, 2.45) is 5.16 Å². The van der Waals surface area contributed by atoms with E-state index in [-0.39, 0.29) is 6.01 Å². The molecule has 0 atom stereocenters. The molecular weight excluding hydrogens is 378 g/mol. The van der Waals surface area contributed by atoms with Crippen LogP contribution in [0.4, 0.5) is 0 Å². The van der Waals surface area contributed by atoms with Gasteiger partial charge in [-0.25, -0.2) is 15.0 Å². The van der Waals surface area contributed by atoms with Crippen LogP contribution >= 0.6 is 27.3 Å². The number of thiazole rings is 1. The molecule has 0 radical (unpaired) electrons. The van der Waals surface area contributed by atoms with Crippen molar-refractivity contribution in [1.29, 1.82) is 0 Å². The van der Waals surface area contributed by atoms with Crippen molar-refractivity contribution in [3.05, 3.63) is 52.0 Å². The Morgan fingerprint density at radius 3 is 2.74 bits per heavy atom. The Balaban J connectivity index is 1.82. The molecule has 0 unspecified atom stereocenters. The van der Waals surface area contributed by atoms with Crippen molar-refractivity contribution in [3.63, 3.8) is 0 Å². The van der Waals surface area contributed by atoms with Gasteiger partial charge >= 0.3 is 6.01 Å². The summed E-state index contributed by atoms with van der Waals surface area (Å²) in [4.78, 5) is 22.9. The van der Waals surface area contributed by atoms with Crippen LogP contribution in [0.2, 0.25) is 0 Å². The fraction of sp³-hybridized carbons (Fsp3) is 0.133. The smallest absolute Gasteiger partial charge is 0.315 e. The van der Waals surface area contributed by atoms with Gasteiger partial charge in [0.2, 0.25) is 0 Å². The summed E-state index contributed by atoms with van der Waals surface area (Å²) in [5, 5.41) is 5.00. The molecule has 0 fully saturated rings. The van der Waals surface area contributed by atoms with Crippen LogP contribution in [-0.2, 0) is 0 Å². The monoisotopic (exact) mass is 389 g/mol. The van der Waals surface area contributed by atoms with Crippen LogP contribution in [0.5, 0.6) is 6.01 Å². The van der Waals surface area contributed by atoms with E-state index in [2.05, 4.69) is 41.0 Å². The zero-order valence-corrected chi connectivity index (χ0v) is 14.8. The van der Waals surface area contributed by atoms with Crippen molar-refractivity contribution in [1.82, 2.24) is 19.9 Å². The molecule has 0 spiro atoms. The summed E-state index contributed by atoms with van der Waals surface area (Å²) in [7, 11) is 0. The first-order valence-electron chi connectivity index (χ1n) is 6.71. The number of aryl methyl sites for hydroxylation is 1. The van der Waals surface area contributed by atoms with Gasteiger partial charge < -0.3 is 4.84 Å². The summed E-state index contributed by atoms with van der Waals surface area (Å²) >= 11 is 4.82. The highest BCUT2D eigenvalue weighted by Crippen LogP contribution is 2.27. The van der Waals surface area contributed by atoms with Gasteiger partial charge in [0, 0.05) is 30.4 Å². The van der Waals surface area contributed by atoms with Gasteiger partial charge in [-0.1, -0.05) is 5.16 Å². The maximum Gasteiger partial charge on any atom is 0.345 e. The first kappa shape index (κ1) is 15.7. The summed E-state index contributed by atoms with van der Waals surface area (Å²) in [6.07, 6.45) is 6.74. The van der Waals surface area contributed by atoms with E-state index in [9.17, 15) is 0 Å². The lowest BCUT2D eigenvalue weighted by Crippen LogP contribution is -1.99. The zero-order valence-electron chi connectivity index (χ0n) is 12.4. The van der Waals surface area contributed by atoms with E-state index in [1.165, 1.54) is 0 Å². The molecular formula is C15H12BrN5OS. The van der Waals surface area contributed by atoms with Crippen LogP contribution in [0.1, 0.15) is 17.5 Å². The largest absolute Gasteiger partial charge is 0.345 e. The highest BCUT2D eigenvalue weighted by atomic mass is 79.9. The molecule has 23 heavy (non-hydrogen) atoms. The number of rotatable bonds is 4. The van der Waals surface area contributed by atoms with Crippen molar-refractivity contribution in [3.8, 4) is 16.6 Å². The Morgan fingerprint density at radius 2 is 2.04 bits per heavy atom. The Kier molecular flexibility index (Phi) is 4.73. The lowest BCUT2D eigenvalue weighted by molar-refractivity contribution is 0.312. The predicted octanol–water partition coefficient (Wildman–Crippen LogP) is 3.87. The Hall–Kier alpha value is -2.19. The number of halogens is 1. The summed E-state index contributed by atoms with van der Waals surface area (Å²) < 4.78 is 0.782. The number of hydrogen-bond donors (Lipinski definition) is 0. The standard InChI is InChI=1S/C15H12BrN5OS/c1-9-13(23-14(20-9)11-4-3-5-17-6-11)10(2)21-22-15-18-7-12(16)8-19-15/h3-8H,1-2H3. The maximum atomic E-state index is 5.26. The highest BCUT2D eigenvalue weighted by Gasteiger charge is 2.12. The molecule has 3 heterocycles. The summed E-state index contributed by atoms with van der Waals surface area (Å²) in [5.74, 6) is 0. The highest BCUT2D eigenvalue weighted by molar-refractivity contribution is 9.10. The van der Waals surface area contributed by atoms with Crippen molar-refractivity contribution >= 4 is 33.0 Å². The van der Waals surface area contributed by atoms with E-state index in [1.807, 2.05) is 26.0 Å². The fourth-order valence-corrected chi connectivity index (χ4v) is 3.04. The number of hydrogen-bond acceptors (Lipinski definition) is 7. The normalized spacial score (nSPS) is 11.5. The average molecular weight is 390 g/mol. The molecule has 0 bridgehead atoms. The second-order valence-corrected chi connectivity index (χ2v) is 6.54. The number of nitrogens with zero attached hydrogens (tertiary/aromatic N) is 5. The topological polar surface area (TPSA) is 73.2 Å². The van der Waals surface area contributed by atoms with Gasteiger partial charge in [-0.15, -0.1) is 11.3 Å². The Labute approximate surface area is 145 Å². The van der Waals surface area contributed by atoms with Crippen LogP contribution in [0.3, 0.4) is 0 Å². The molecule has 0 aliphatic heterocycles. The minimum atomic E-state index is 0.196. The minimum absolute atomic E-state index is 0.196. The molecule has 116 valence electrons. The van der Waals surface area contributed by atoms with Gasteiger partial charge in [-0.2, -0.15) is 0 Å². The molecule has 3 aromatic heterocycles. The first-order chi connectivity index (χ1) is 11.1. The molecule has 0 aliphatic rings. The lowest BCUT2D eigenvalue weighted by Gasteiger charge is -1.99. The molecule has 0 saturated carbocycles. The van der Waals surface area contributed by atoms with Crippen molar-refractivity contribution < 1.29 is 4.84 Å². The Bertz CT molecular complexity index is 833. The molecule has 0 aliphatic carbocycles. The predicted molar refractivity (Wildman–Crippen MR) is 92.7 cm³/mol. The van der Waals surface area contributed by atoms with Crippen LogP contribution in [0.25, 0.3) is 10.6 Å². The zero-order chi connectivity index (χ0) is 16.2. The van der Waals surface area contributed by atoms with Gasteiger partial charge in [-0.05, 0) is 41.9 Å². The Morgan fingerprint density at radius 1 is 1.26 bits per heavy atom. The van der Waals surface area contributed by atoms with Gasteiger partial charge in [0.25, 0.3) is 0 Å². The molecule has 0 aromatic carbocycles. The van der Waals surface area contributed by atoms with Crippen LogP contribution in [-0.4, -0.2) is 25.6 Å². The third-order valence-corrected chi connectivity index (χ3v) is 4.62. The number of pyridine rings is 1. The third kappa shape index (κ3) is 3.77. The first-order valence-corrected chi connectivity index (χ1v) is 8.32. The minimum Gasteiger partial charge on any atom is -0.315 e. The SMILES string of the molecule is CC(=NOc1ncc(Br)cn1)c1sc(-c2cccnc2)nc1C. The molecule has 0 saturated heterocycles. The number of oxime groups is 1. The second-order valence-electron chi connectivity index (χ2n) is 4.63. The second kappa shape index (κ2) is 6.93. The molecule has 3 aromatic rings. The van der Waals surface area contributed by atoms with E-state index < -0.39 is 0 Å². The van der Waals surface area contributed by atoms with Gasteiger partial charge in [-0.3, -0.25) is 4.98 Å². The van der Waals surface area contributed by atoms with Gasteiger partial charge in [0.1, 0.15) is 5.01 Å². The summed E-state index contributed by atoms with van der Waals surface area (Å²) in [5.41, 5.74) is 2.61. The van der Waals surface area contributed by atoms with E-state index in [4.69, 9.17) is 4.84 Å². The van der Waals surface area contributed by atoms with Gasteiger partial charge in [0.05, 0.1) is 20.8 Å². The molecule has 3 rings (SSSR count). The van der Waals surface area contributed by atoms with Crippen LogP contribution in [0, 0.1) is 6.92 Å². The van der Waals surface area contributed by atoms with Crippen molar-refractivity contribution in [2.45, 2.75) is 13.8 Å². The quantitative estimate of drug-likeness (QED) is 0.500. The lowest BCUT2D eigenvalue weighted by atomic mass is 10.3. The molecule has 0 amide bonds. The van der Waals surface area contributed by atoms with E-state index >= 15 is 0 Å². The maximum absolute atomic E-state index is 5.26. The molecule has 6 nitrogen and oxygen atoms in total. The average Bonchev–Trinajstić information content (AvgIpc) is 2.97. The summed E-state index contributed by atoms with van der Waals surface area (Å²) in [6, 6.07) is 4.07. The third-order valence-electron chi connectivity index (χ3n) is 2.89. The molecule has 0 N–H and O–H groups in total. The van der Waals surface area contributed by atoms with Gasteiger partial charge in [0.15, 0.2) is 0 Å². The summed E-state index contributed by atoms with van der Waals surface area (Å²) in [6.45, 7) is 3.81. The fourth-order valence-electron chi connectivity index (χ4n) is 1.84. The van der Waals surface area contributed by atoms with E-state index in [0.717, 1.165) is 31.3 Å². The van der Waals surface area contributed by atoms with E-state index in [0.29, 0.717) is 0 Å².